The summed E-state index contributed by atoms with van der Waals surface area (Å²) in [5, 5.41) is 5.59. The highest BCUT2D eigenvalue weighted by Crippen LogP contribution is 2.24. The van der Waals surface area contributed by atoms with Crippen LogP contribution in [0.15, 0.2) is 83.3 Å². The Labute approximate surface area is 156 Å². The minimum absolute atomic E-state index is 0.119. The lowest BCUT2D eigenvalue weighted by molar-refractivity contribution is 0.0950. The van der Waals surface area contributed by atoms with Gasteiger partial charge in [-0.25, -0.2) is 0 Å². The molecule has 1 heterocycles. The minimum atomic E-state index is -0.119. The lowest BCUT2D eigenvalue weighted by Crippen LogP contribution is -2.22. The van der Waals surface area contributed by atoms with Crippen LogP contribution in [0.2, 0.25) is 5.02 Å². The summed E-state index contributed by atoms with van der Waals surface area (Å²) in [6.07, 6.45) is 0. The molecule has 3 nitrogen and oxygen atoms in total. The van der Waals surface area contributed by atoms with Gasteiger partial charge in [0.1, 0.15) is 11.5 Å². The van der Waals surface area contributed by atoms with Gasteiger partial charge in [0.15, 0.2) is 0 Å². The Kier molecular flexibility index (Phi) is 4.46. The van der Waals surface area contributed by atoms with Crippen LogP contribution in [-0.2, 0) is 6.54 Å². The van der Waals surface area contributed by atoms with E-state index in [0.29, 0.717) is 22.9 Å². The molecular formula is C22H16ClNO2. The standard InChI is InChI=1S/C22H16ClNO2/c23-17-10-8-16(9-11-17)21-13-12-18(26-21)14-24-22(25)20-7-3-5-15-4-1-2-6-19(15)20/h1-13H,14H2,(H,24,25). The van der Waals surface area contributed by atoms with Crippen LogP contribution in [-0.4, -0.2) is 5.91 Å². The molecule has 0 spiro atoms. The molecule has 3 aromatic carbocycles. The predicted molar refractivity (Wildman–Crippen MR) is 104 cm³/mol. The number of hydrogen-bond donors (Lipinski definition) is 1. The number of carbonyl (C=O) groups excluding carboxylic acids is 1. The smallest absolute Gasteiger partial charge is 0.252 e. The van der Waals surface area contributed by atoms with Crippen molar-refractivity contribution in [3.8, 4) is 11.3 Å². The minimum Gasteiger partial charge on any atom is -0.459 e. The molecule has 0 saturated carbocycles. The van der Waals surface area contributed by atoms with Gasteiger partial charge in [-0.15, -0.1) is 0 Å². The molecule has 0 atom stereocenters. The highest BCUT2D eigenvalue weighted by Gasteiger charge is 2.11. The summed E-state index contributed by atoms with van der Waals surface area (Å²) >= 11 is 5.91. The summed E-state index contributed by atoms with van der Waals surface area (Å²) in [4.78, 5) is 12.6. The van der Waals surface area contributed by atoms with Crippen molar-refractivity contribution in [3.05, 3.63) is 95.2 Å². The maximum absolute atomic E-state index is 12.6. The molecule has 0 aliphatic rings. The first-order valence-electron chi connectivity index (χ1n) is 8.31. The molecule has 0 aliphatic heterocycles. The van der Waals surface area contributed by atoms with Crippen molar-refractivity contribution in [1.29, 1.82) is 0 Å². The number of halogens is 1. The van der Waals surface area contributed by atoms with Gasteiger partial charge in [-0.05, 0) is 53.2 Å². The molecule has 0 saturated heterocycles. The molecule has 26 heavy (non-hydrogen) atoms. The first-order chi connectivity index (χ1) is 12.7. The molecule has 0 bridgehead atoms. The summed E-state index contributed by atoms with van der Waals surface area (Å²) in [5.41, 5.74) is 1.61. The second-order valence-electron chi connectivity index (χ2n) is 5.98. The van der Waals surface area contributed by atoms with Crippen LogP contribution >= 0.6 is 11.6 Å². The molecule has 1 amide bonds. The predicted octanol–water partition coefficient (Wildman–Crippen LogP) is 5.68. The van der Waals surface area contributed by atoms with Crippen LogP contribution in [0.1, 0.15) is 16.1 Å². The molecule has 0 aliphatic carbocycles. The van der Waals surface area contributed by atoms with E-state index in [-0.39, 0.29) is 5.91 Å². The summed E-state index contributed by atoms with van der Waals surface area (Å²) in [6.45, 7) is 0.329. The number of nitrogens with one attached hydrogen (secondary N) is 1. The van der Waals surface area contributed by atoms with Crippen molar-refractivity contribution >= 4 is 28.3 Å². The first kappa shape index (κ1) is 16.4. The van der Waals surface area contributed by atoms with Gasteiger partial charge < -0.3 is 9.73 Å². The number of carbonyl (C=O) groups is 1. The van der Waals surface area contributed by atoms with Crippen molar-refractivity contribution < 1.29 is 9.21 Å². The van der Waals surface area contributed by atoms with Crippen LogP contribution < -0.4 is 5.32 Å². The topological polar surface area (TPSA) is 42.2 Å². The van der Waals surface area contributed by atoms with E-state index in [2.05, 4.69) is 5.32 Å². The molecule has 0 fully saturated rings. The maximum atomic E-state index is 12.6. The zero-order valence-electron chi connectivity index (χ0n) is 13.9. The Bertz CT molecular complexity index is 1060. The lowest BCUT2D eigenvalue weighted by Gasteiger charge is -2.07. The normalized spacial score (nSPS) is 10.8. The van der Waals surface area contributed by atoms with E-state index < -0.39 is 0 Å². The van der Waals surface area contributed by atoms with Gasteiger partial charge in [-0.1, -0.05) is 48.0 Å². The van der Waals surface area contributed by atoms with Gasteiger partial charge in [0.25, 0.3) is 5.91 Å². The molecule has 1 aromatic heterocycles. The van der Waals surface area contributed by atoms with Crippen LogP contribution in [0.4, 0.5) is 0 Å². The number of benzene rings is 3. The largest absolute Gasteiger partial charge is 0.459 e. The molecule has 4 aromatic rings. The van der Waals surface area contributed by atoms with E-state index in [1.165, 1.54) is 0 Å². The average molecular weight is 362 g/mol. The highest BCUT2D eigenvalue weighted by molar-refractivity contribution is 6.30. The van der Waals surface area contributed by atoms with Gasteiger partial charge >= 0.3 is 0 Å². The van der Waals surface area contributed by atoms with Gasteiger partial charge in [-0.2, -0.15) is 0 Å². The fourth-order valence-electron chi connectivity index (χ4n) is 2.93. The molecule has 0 radical (unpaired) electrons. The van der Waals surface area contributed by atoms with Gasteiger partial charge in [0.05, 0.1) is 6.54 Å². The average Bonchev–Trinajstić information content (AvgIpc) is 3.15. The van der Waals surface area contributed by atoms with Crippen LogP contribution in [0.25, 0.3) is 22.1 Å². The number of fused-ring (bicyclic) bond motifs is 1. The number of amides is 1. The molecule has 128 valence electrons. The number of rotatable bonds is 4. The molecule has 0 unspecified atom stereocenters. The summed E-state index contributed by atoms with van der Waals surface area (Å²) in [5.74, 6) is 1.32. The molecular weight excluding hydrogens is 346 g/mol. The summed E-state index contributed by atoms with van der Waals surface area (Å²) < 4.78 is 5.83. The Morgan fingerprint density at radius 3 is 2.50 bits per heavy atom. The highest BCUT2D eigenvalue weighted by atomic mass is 35.5. The van der Waals surface area contributed by atoms with Crippen molar-refractivity contribution in [1.82, 2.24) is 5.32 Å². The van der Waals surface area contributed by atoms with E-state index in [4.69, 9.17) is 16.0 Å². The zero-order valence-corrected chi connectivity index (χ0v) is 14.7. The van der Waals surface area contributed by atoms with E-state index in [1.807, 2.05) is 78.9 Å². The second-order valence-corrected chi connectivity index (χ2v) is 6.42. The van der Waals surface area contributed by atoms with Crippen molar-refractivity contribution in [2.45, 2.75) is 6.54 Å². The Morgan fingerprint density at radius 1 is 0.885 bits per heavy atom. The maximum Gasteiger partial charge on any atom is 0.252 e. The van der Waals surface area contributed by atoms with Crippen molar-refractivity contribution in [3.63, 3.8) is 0 Å². The number of hydrogen-bond acceptors (Lipinski definition) is 2. The van der Waals surface area contributed by atoms with Crippen LogP contribution in [0, 0.1) is 0 Å². The fourth-order valence-corrected chi connectivity index (χ4v) is 3.05. The van der Waals surface area contributed by atoms with Gasteiger partial charge in [0.2, 0.25) is 0 Å². The van der Waals surface area contributed by atoms with E-state index in [0.717, 1.165) is 22.1 Å². The fraction of sp³-hybridized carbons (Fsp3) is 0.0455. The quantitative estimate of drug-likeness (QED) is 0.508. The van der Waals surface area contributed by atoms with Gasteiger partial charge in [-0.3, -0.25) is 4.79 Å². The summed E-state index contributed by atoms with van der Waals surface area (Å²) in [7, 11) is 0. The van der Waals surface area contributed by atoms with Gasteiger partial charge in [0, 0.05) is 16.1 Å². The monoisotopic (exact) mass is 361 g/mol. The summed E-state index contributed by atoms with van der Waals surface area (Å²) in [6, 6.07) is 24.8. The van der Waals surface area contributed by atoms with Crippen LogP contribution in [0.5, 0.6) is 0 Å². The van der Waals surface area contributed by atoms with Crippen molar-refractivity contribution in [2.75, 3.05) is 0 Å². The Morgan fingerprint density at radius 2 is 1.65 bits per heavy atom. The first-order valence-corrected chi connectivity index (χ1v) is 8.69. The Hall–Kier alpha value is -3.04. The number of furan rings is 1. The second kappa shape index (κ2) is 7.06. The van der Waals surface area contributed by atoms with E-state index in [9.17, 15) is 4.79 Å². The third-order valence-electron chi connectivity index (χ3n) is 4.25. The molecule has 4 rings (SSSR count). The Balaban J connectivity index is 1.49. The SMILES string of the molecule is O=C(NCc1ccc(-c2ccc(Cl)cc2)o1)c1cccc2ccccc12. The van der Waals surface area contributed by atoms with Crippen LogP contribution in [0.3, 0.4) is 0 Å². The third kappa shape index (κ3) is 3.35. The van der Waals surface area contributed by atoms with E-state index in [1.54, 1.807) is 0 Å². The van der Waals surface area contributed by atoms with Crippen molar-refractivity contribution in [2.24, 2.45) is 0 Å². The third-order valence-corrected chi connectivity index (χ3v) is 4.50. The zero-order chi connectivity index (χ0) is 17.9. The lowest BCUT2D eigenvalue weighted by atomic mass is 10.0. The molecule has 4 heteroatoms. The molecule has 1 N–H and O–H groups in total. The van der Waals surface area contributed by atoms with E-state index >= 15 is 0 Å².